The maximum atomic E-state index is 13.7. The van der Waals surface area contributed by atoms with Gasteiger partial charge in [0.05, 0.1) is 22.4 Å². The summed E-state index contributed by atoms with van der Waals surface area (Å²) in [4.78, 5) is 0. The lowest BCUT2D eigenvalue weighted by Crippen LogP contribution is -2.26. The van der Waals surface area contributed by atoms with Gasteiger partial charge in [-0.1, -0.05) is 22.9 Å². The molecule has 2 aromatic rings. The molecular formula is C15H18Br2FN3. The first-order valence-corrected chi connectivity index (χ1v) is 8.56. The van der Waals surface area contributed by atoms with Crippen molar-refractivity contribution in [1.82, 2.24) is 15.1 Å². The van der Waals surface area contributed by atoms with Crippen LogP contribution in [0.25, 0.3) is 0 Å². The second-order valence-electron chi connectivity index (χ2n) is 4.75. The normalized spacial score (nSPS) is 12.6. The number of halogens is 3. The lowest BCUT2D eigenvalue weighted by molar-refractivity contribution is 0.523. The van der Waals surface area contributed by atoms with Gasteiger partial charge in [0.1, 0.15) is 5.82 Å². The van der Waals surface area contributed by atoms with E-state index < -0.39 is 0 Å². The van der Waals surface area contributed by atoms with Crippen LogP contribution in [0.3, 0.4) is 0 Å². The second-order valence-corrected chi connectivity index (χ2v) is 6.46. The Morgan fingerprint density at radius 2 is 2.05 bits per heavy atom. The Hall–Kier alpha value is -0.720. The molecule has 0 aliphatic rings. The molecule has 0 spiro atoms. The zero-order chi connectivity index (χ0) is 15.4. The molecule has 0 amide bonds. The first kappa shape index (κ1) is 16.6. The van der Waals surface area contributed by atoms with Gasteiger partial charge in [-0.25, -0.2) is 4.39 Å². The topological polar surface area (TPSA) is 29.9 Å². The maximum absolute atomic E-state index is 13.7. The van der Waals surface area contributed by atoms with Crippen LogP contribution >= 0.6 is 31.9 Å². The fourth-order valence-electron chi connectivity index (χ4n) is 2.29. The van der Waals surface area contributed by atoms with Crippen molar-refractivity contribution in [3.05, 3.63) is 50.4 Å². The number of hydrogen-bond acceptors (Lipinski definition) is 2. The summed E-state index contributed by atoms with van der Waals surface area (Å²) < 4.78 is 17.4. The van der Waals surface area contributed by atoms with Crippen molar-refractivity contribution < 1.29 is 4.39 Å². The molecule has 0 fully saturated rings. The first-order chi connectivity index (χ1) is 10.1. The summed E-state index contributed by atoms with van der Waals surface area (Å²) in [5, 5.41) is 7.85. The van der Waals surface area contributed by atoms with Crippen LogP contribution in [-0.4, -0.2) is 16.3 Å². The van der Waals surface area contributed by atoms with Crippen molar-refractivity contribution >= 4 is 31.9 Å². The smallest absolute Gasteiger partial charge is 0.123 e. The highest BCUT2D eigenvalue weighted by Crippen LogP contribution is 2.33. The molecule has 0 saturated carbocycles. The molecule has 3 nitrogen and oxygen atoms in total. The molecule has 2 rings (SSSR count). The van der Waals surface area contributed by atoms with Crippen LogP contribution in [0.4, 0.5) is 4.39 Å². The van der Waals surface area contributed by atoms with Gasteiger partial charge in [0.2, 0.25) is 0 Å². The molecule has 1 N–H and O–H groups in total. The molecule has 6 heteroatoms. The van der Waals surface area contributed by atoms with E-state index in [0.717, 1.165) is 39.7 Å². The van der Waals surface area contributed by atoms with Crippen LogP contribution in [0.5, 0.6) is 0 Å². The van der Waals surface area contributed by atoms with Gasteiger partial charge in [-0.15, -0.1) is 0 Å². The molecule has 0 bridgehead atoms. The van der Waals surface area contributed by atoms with Crippen LogP contribution in [0.1, 0.15) is 37.6 Å². The second kappa shape index (κ2) is 7.51. The lowest BCUT2D eigenvalue weighted by atomic mass is 10.0. The summed E-state index contributed by atoms with van der Waals surface area (Å²) in [5.41, 5.74) is 1.89. The zero-order valence-corrected chi connectivity index (χ0v) is 15.2. The Labute approximate surface area is 141 Å². The molecule has 1 atom stereocenters. The van der Waals surface area contributed by atoms with Gasteiger partial charge in [-0.3, -0.25) is 4.68 Å². The van der Waals surface area contributed by atoms with E-state index in [-0.39, 0.29) is 11.9 Å². The SMILES string of the molecule is CCCNC(c1cc(F)ccc1Br)c1c(Br)cnn1CC. The van der Waals surface area contributed by atoms with E-state index in [0.29, 0.717) is 0 Å². The number of nitrogens with zero attached hydrogens (tertiary/aromatic N) is 2. The highest BCUT2D eigenvalue weighted by Gasteiger charge is 2.23. The van der Waals surface area contributed by atoms with E-state index in [9.17, 15) is 4.39 Å². The van der Waals surface area contributed by atoms with Crippen LogP contribution in [-0.2, 0) is 6.54 Å². The minimum absolute atomic E-state index is 0.119. The number of rotatable bonds is 6. The Morgan fingerprint density at radius 1 is 1.29 bits per heavy atom. The van der Waals surface area contributed by atoms with Crippen molar-refractivity contribution in [3.8, 4) is 0 Å². The van der Waals surface area contributed by atoms with E-state index in [2.05, 4.69) is 49.2 Å². The molecule has 1 heterocycles. The van der Waals surface area contributed by atoms with Gasteiger partial charge in [-0.05, 0) is 59.6 Å². The van der Waals surface area contributed by atoms with E-state index in [1.807, 2.05) is 11.6 Å². The summed E-state index contributed by atoms with van der Waals surface area (Å²) in [6.45, 7) is 5.75. The molecule has 0 aliphatic heterocycles. The Kier molecular flexibility index (Phi) is 5.96. The largest absolute Gasteiger partial charge is 0.305 e. The maximum Gasteiger partial charge on any atom is 0.123 e. The van der Waals surface area contributed by atoms with Crippen molar-refractivity contribution in [3.63, 3.8) is 0 Å². The number of benzene rings is 1. The molecule has 0 aliphatic carbocycles. The average molecular weight is 419 g/mol. The summed E-state index contributed by atoms with van der Waals surface area (Å²) in [6, 6.07) is 4.64. The predicted octanol–water partition coefficient (Wildman–Crippen LogP) is 4.66. The zero-order valence-electron chi connectivity index (χ0n) is 12.0. The van der Waals surface area contributed by atoms with E-state index >= 15 is 0 Å². The number of hydrogen-bond donors (Lipinski definition) is 1. The number of nitrogens with one attached hydrogen (secondary N) is 1. The van der Waals surface area contributed by atoms with Crippen molar-refractivity contribution in [2.75, 3.05) is 6.54 Å². The van der Waals surface area contributed by atoms with E-state index in [4.69, 9.17) is 0 Å². The quantitative estimate of drug-likeness (QED) is 0.739. The average Bonchev–Trinajstić information content (AvgIpc) is 2.84. The van der Waals surface area contributed by atoms with Gasteiger partial charge in [0, 0.05) is 11.0 Å². The van der Waals surface area contributed by atoms with Gasteiger partial charge in [-0.2, -0.15) is 5.10 Å². The van der Waals surface area contributed by atoms with E-state index in [1.165, 1.54) is 6.07 Å². The Bertz CT molecular complexity index is 613. The number of aromatic nitrogens is 2. The van der Waals surface area contributed by atoms with Crippen LogP contribution in [0, 0.1) is 5.82 Å². The minimum Gasteiger partial charge on any atom is -0.305 e. The summed E-state index contributed by atoms with van der Waals surface area (Å²) >= 11 is 7.09. The molecule has 0 radical (unpaired) electrons. The van der Waals surface area contributed by atoms with Crippen molar-refractivity contribution in [2.45, 2.75) is 32.9 Å². The molecule has 21 heavy (non-hydrogen) atoms. The highest BCUT2D eigenvalue weighted by atomic mass is 79.9. The first-order valence-electron chi connectivity index (χ1n) is 6.98. The fourth-order valence-corrected chi connectivity index (χ4v) is 3.29. The Morgan fingerprint density at radius 3 is 2.71 bits per heavy atom. The minimum atomic E-state index is -0.241. The third kappa shape index (κ3) is 3.73. The van der Waals surface area contributed by atoms with Crippen LogP contribution in [0.2, 0.25) is 0 Å². The predicted molar refractivity (Wildman–Crippen MR) is 89.8 cm³/mol. The lowest BCUT2D eigenvalue weighted by Gasteiger charge is -2.22. The third-order valence-corrected chi connectivity index (χ3v) is 4.61. The molecule has 1 aromatic carbocycles. The number of aryl methyl sites for hydroxylation is 1. The van der Waals surface area contributed by atoms with Crippen LogP contribution < -0.4 is 5.32 Å². The van der Waals surface area contributed by atoms with Gasteiger partial charge < -0.3 is 5.32 Å². The van der Waals surface area contributed by atoms with Crippen molar-refractivity contribution in [2.24, 2.45) is 0 Å². The molecular weight excluding hydrogens is 401 g/mol. The molecule has 0 saturated heterocycles. The summed E-state index contributed by atoms with van der Waals surface area (Å²) in [7, 11) is 0. The Balaban J connectivity index is 2.52. The van der Waals surface area contributed by atoms with Gasteiger partial charge in [0.25, 0.3) is 0 Å². The van der Waals surface area contributed by atoms with Crippen LogP contribution in [0.15, 0.2) is 33.3 Å². The van der Waals surface area contributed by atoms with Crippen molar-refractivity contribution in [1.29, 1.82) is 0 Å². The molecule has 114 valence electrons. The molecule has 1 aromatic heterocycles. The summed E-state index contributed by atoms with van der Waals surface area (Å²) in [6.07, 6.45) is 2.79. The van der Waals surface area contributed by atoms with E-state index in [1.54, 1.807) is 18.3 Å². The van der Waals surface area contributed by atoms with Gasteiger partial charge in [0.15, 0.2) is 0 Å². The monoisotopic (exact) mass is 417 g/mol. The highest BCUT2D eigenvalue weighted by molar-refractivity contribution is 9.10. The standard InChI is InChI=1S/C15H18Br2FN3/c1-3-7-19-14(11-8-10(18)5-6-12(11)16)15-13(17)9-20-21(15)4-2/h5-6,8-9,14,19H,3-4,7H2,1-2H3. The van der Waals surface area contributed by atoms with Gasteiger partial charge >= 0.3 is 0 Å². The summed E-state index contributed by atoms with van der Waals surface area (Å²) in [5.74, 6) is -0.241. The molecule has 1 unspecified atom stereocenters. The third-order valence-electron chi connectivity index (χ3n) is 3.27. The fraction of sp³-hybridized carbons (Fsp3) is 0.400.